The van der Waals surface area contributed by atoms with Gasteiger partial charge in [0.15, 0.2) is 0 Å². The average molecular weight is 276 g/mol. The Morgan fingerprint density at radius 2 is 2.00 bits per heavy atom. The minimum atomic E-state index is -0.957. The van der Waals surface area contributed by atoms with E-state index < -0.39 is 5.97 Å². The Bertz CT molecular complexity index is 459. The van der Waals surface area contributed by atoms with Gasteiger partial charge in [-0.05, 0) is 49.0 Å². The number of hydrogen-bond acceptors (Lipinski definition) is 3. The fourth-order valence-electron chi connectivity index (χ4n) is 3.09. The number of rotatable bonds is 5. The molecule has 1 fully saturated rings. The molecule has 110 valence electrons. The Balaban J connectivity index is 1.96. The van der Waals surface area contributed by atoms with Crippen LogP contribution in [0.15, 0.2) is 18.3 Å². The molecule has 0 spiro atoms. The molecule has 1 aromatic rings. The second-order valence-electron chi connectivity index (χ2n) is 5.84. The fraction of sp³-hybridized carbons (Fsp3) is 0.625. The Labute approximate surface area is 120 Å². The lowest BCUT2D eigenvalue weighted by Crippen LogP contribution is -2.39. The van der Waals surface area contributed by atoms with Gasteiger partial charge in [0.2, 0.25) is 0 Å². The molecule has 0 aliphatic carbocycles. The summed E-state index contributed by atoms with van der Waals surface area (Å²) in [5.74, 6) is -0.957. The van der Waals surface area contributed by atoms with Crippen molar-refractivity contribution in [3.8, 4) is 0 Å². The highest BCUT2D eigenvalue weighted by Gasteiger charge is 2.31. The Morgan fingerprint density at radius 1 is 1.35 bits per heavy atom. The summed E-state index contributed by atoms with van der Waals surface area (Å²) in [5, 5.41) is 8.97. The van der Waals surface area contributed by atoms with Crippen LogP contribution in [0.25, 0.3) is 0 Å². The molecule has 0 radical (unpaired) electrons. The maximum Gasteiger partial charge on any atom is 0.354 e. The first-order valence-electron chi connectivity index (χ1n) is 7.49. The Hall–Kier alpha value is -1.42. The lowest BCUT2D eigenvalue weighted by Gasteiger charge is -2.41. The lowest BCUT2D eigenvalue weighted by molar-refractivity contribution is 0.0690. The van der Waals surface area contributed by atoms with E-state index in [0.717, 1.165) is 25.2 Å². The first-order valence-corrected chi connectivity index (χ1v) is 7.49. The molecular weight excluding hydrogens is 252 g/mol. The first kappa shape index (κ1) is 15.0. The molecule has 0 bridgehead atoms. The number of carboxylic acids is 1. The Morgan fingerprint density at radius 3 is 2.55 bits per heavy atom. The molecule has 1 aromatic heterocycles. The smallest absolute Gasteiger partial charge is 0.354 e. The monoisotopic (exact) mass is 276 g/mol. The van der Waals surface area contributed by atoms with E-state index in [2.05, 4.69) is 23.7 Å². The molecule has 2 rings (SSSR count). The van der Waals surface area contributed by atoms with Crippen LogP contribution in [0, 0.1) is 5.41 Å². The molecule has 20 heavy (non-hydrogen) atoms. The van der Waals surface area contributed by atoms with Gasteiger partial charge in [0.1, 0.15) is 5.69 Å². The quantitative estimate of drug-likeness (QED) is 0.897. The predicted octanol–water partition coefficient (Wildman–Crippen LogP) is 3.18. The largest absolute Gasteiger partial charge is 0.477 e. The highest BCUT2D eigenvalue weighted by molar-refractivity contribution is 5.85. The van der Waals surface area contributed by atoms with Crippen molar-refractivity contribution in [1.82, 2.24) is 9.88 Å². The summed E-state index contributed by atoms with van der Waals surface area (Å²) in [6, 6.07) is 3.60. The average Bonchev–Trinajstić information content (AvgIpc) is 2.49. The molecular formula is C16H24N2O2. The molecule has 1 N–H and O–H groups in total. The zero-order valence-electron chi connectivity index (χ0n) is 12.4. The van der Waals surface area contributed by atoms with Crippen LogP contribution in [0.1, 0.15) is 55.6 Å². The number of carboxylic acid groups (broad SMARTS) is 1. The third-order valence-corrected chi connectivity index (χ3v) is 4.87. The van der Waals surface area contributed by atoms with Crippen LogP contribution in [0.5, 0.6) is 0 Å². The van der Waals surface area contributed by atoms with E-state index in [0.29, 0.717) is 5.41 Å². The second-order valence-corrected chi connectivity index (χ2v) is 5.84. The van der Waals surface area contributed by atoms with E-state index in [1.54, 1.807) is 12.3 Å². The van der Waals surface area contributed by atoms with Crippen molar-refractivity contribution in [2.24, 2.45) is 5.41 Å². The molecule has 1 saturated heterocycles. The van der Waals surface area contributed by atoms with Gasteiger partial charge in [-0.25, -0.2) is 9.78 Å². The van der Waals surface area contributed by atoms with Crippen molar-refractivity contribution in [2.45, 2.75) is 46.1 Å². The van der Waals surface area contributed by atoms with Gasteiger partial charge in [0.25, 0.3) is 0 Å². The van der Waals surface area contributed by atoms with Crippen molar-refractivity contribution in [3.63, 3.8) is 0 Å². The molecule has 0 amide bonds. The summed E-state index contributed by atoms with van der Waals surface area (Å²) in [6.07, 6.45) is 6.60. The number of likely N-dealkylation sites (tertiary alicyclic amines) is 1. The van der Waals surface area contributed by atoms with Crippen molar-refractivity contribution >= 4 is 5.97 Å². The van der Waals surface area contributed by atoms with Gasteiger partial charge in [-0.15, -0.1) is 0 Å². The third-order valence-electron chi connectivity index (χ3n) is 4.87. The fourth-order valence-corrected chi connectivity index (χ4v) is 3.09. The van der Waals surface area contributed by atoms with Gasteiger partial charge in [-0.2, -0.15) is 0 Å². The molecule has 0 saturated carbocycles. The van der Waals surface area contributed by atoms with Crippen molar-refractivity contribution in [2.75, 3.05) is 13.1 Å². The molecule has 0 unspecified atom stereocenters. The van der Waals surface area contributed by atoms with Crippen LogP contribution in [-0.2, 0) is 6.54 Å². The van der Waals surface area contributed by atoms with Crippen LogP contribution in [0.4, 0.5) is 0 Å². The maximum atomic E-state index is 10.9. The number of carbonyl (C=O) groups is 1. The molecule has 2 heterocycles. The minimum Gasteiger partial charge on any atom is -0.477 e. The lowest BCUT2D eigenvalue weighted by atomic mass is 9.74. The standard InChI is InChI=1S/C16H24N2O2/c1-3-16(4-2)6-9-18(10-7-16)12-13-5-8-17-14(11-13)15(19)20/h5,8,11H,3-4,6-7,9-10,12H2,1-2H3,(H,19,20). The molecule has 4 nitrogen and oxygen atoms in total. The normalized spacial score (nSPS) is 18.9. The number of pyridine rings is 1. The highest BCUT2D eigenvalue weighted by Crippen LogP contribution is 2.38. The van der Waals surface area contributed by atoms with Gasteiger partial charge < -0.3 is 5.11 Å². The zero-order valence-corrected chi connectivity index (χ0v) is 12.4. The summed E-state index contributed by atoms with van der Waals surface area (Å²) >= 11 is 0. The SMILES string of the molecule is CCC1(CC)CCN(Cc2ccnc(C(=O)O)c2)CC1. The minimum absolute atomic E-state index is 0.135. The van der Waals surface area contributed by atoms with E-state index in [-0.39, 0.29) is 5.69 Å². The number of hydrogen-bond donors (Lipinski definition) is 1. The van der Waals surface area contributed by atoms with Crippen LogP contribution in [0.2, 0.25) is 0 Å². The molecule has 0 atom stereocenters. The number of piperidine rings is 1. The third kappa shape index (κ3) is 3.37. The number of aromatic carboxylic acids is 1. The topological polar surface area (TPSA) is 53.4 Å². The van der Waals surface area contributed by atoms with Crippen molar-refractivity contribution in [3.05, 3.63) is 29.6 Å². The van der Waals surface area contributed by atoms with Crippen LogP contribution < -0.4 is 0 Å². The molecule has 0 aromatic carbocycles. The van der Waals surface area contributed by atoms with Crippen LogP contribution in [-0.4, -0.2) is 34.0 Å². The summed E-state index contributed by atoms with van der Waals surface area (Å²) < 4.78 is 0. The second kappa shape index (κ2) is 6.35. The molecule has 1 aliphatic heterocycles. The van der Waals surface area contributed by atoms with Gasteiger partial charge in [-0.1, -0.05) is 26.7 Å². The van der Waals surface area contributed by atoms with Crippen LogP contribution >= 0.6 is 0 Å². The summed E-state index contributed by atoms with van der Waals surface area (Å²) in [4.78, 5) is 17.2. The van der Waals surface area contributed by atoms with E-state index in [4.69, 9.17) is 5.11 Å². The van der Waals surface area contributed by atoms with Crippen molar-refractivity contribution < 1.29 is 9.90 Å². The summed E-state index contributed by atoms with van der Waals surface area (Å²) in [5.41, 5.74) is 1.70. The molecule has 1 aliphatic rings. The number of nitrogens with zero attached hydrogens (tertiary/aromatic N) is 2. The van der Waals surface area contributed by atoms with E-state index >= 15 is 0 Å². The first-order chi connectivity index (χ1) is 9.58. The summed E-state index contributed by atoms with van der Waals surface area (Å²) in [6.45, 7) is 7.62. The van der Waals surface area contributed by atoms with Gasteiger partial charge in [0.05, 0.1) is 0 Å². The van der Waals surface area contributed by atoms with Crippen LogP contribution in [0.3, 0.4) is 0 Å². The number of aromatic nitrogens is 1. The van der Waals surface area contributed by atoms with Gasteiger partial charge in [-0.3, -0.25) is 4.90 Å². The summed E-state index contributed by atoms with van der Waals surface area (Å²) in [7, 11) is 0. The zero-order chi connectivity index (χ0) is 14.6. The predicted molar refractivity (Wildman–Crippen MR) is 78.7 cm³/mol. The Kier molecular flexibility index (Phi) is 4.76. The van der Waals surface area contributed by atoms with E-state index in [1.807, 2.05) is 6.07 Å². The maximum absolute atomic E-state index is 10.9. The van der Waals surface area contributed by atoms with Gasteiger partial charge >= 0.3 is 5.97 Å². The highest BCUT2D eigenvalue weighted by atomic mass is 16.4. The van der Waals surface area contributed by atoms with E-state index in [9.17, 15) is 4.79 Å². The molecule has 4 heteroatoms. The van der Waals surface area contributed by atoms with Crippen molar-refractivity contribution in [1.29, 1.82) is 0 Å². The van der Waals surface area contributed by atoms with E-state index in [1.165, 1.54) is 25.7 Å². The van der Waals surface area contributed by atoms with Gasteiger partial charge in [0, 0.05) is 12.7 Å².